The highest BCUT2D eigenvalue weighted by atomic mass is 32.5. The van der Waals surface area contributed by atoms with Crippen molar-refractivity contribution < 1.29 is 19.6 Å². The van der Waals surface area contributed by atoms with Crippen LogP contribution in [0.15, 0.2) is 0 Å². The molecule has 0 aliphatic carbocycles. The molecule has 0 radical (unpaired) electrons. The van der Waals surface area contributed by atoms with Gasteiger partial charge in [-0.25, -0.2) is 5.90 Å². The van der Waals surface area contributed by atoms with Crippen molar-refractivity contribution in [2.75, 3.05) is 13.2 Å². The van der Waals surface area contributed by atoms with Crippen LogP contribution in [0.25, 0.3) is 0 Å². The molecule has 0 aromatic rings. The fourth-order valence-corrected chi connectivity index (χ4v) is 1.92. The first-order valence-corrected chi connectivity index (χ1v) is 5.57. The molecule has 0 saturated heterocycles. The van der Waals surface area contributed by atoms with Gasteiger partial charge in [0.25, 0.3) is 0 Å². The molecule has 0 aliphatic heterocycles. The van der Waals surface area contributed by atoms with Crippen molar-refractivity contribution in [2.24, 2.45) is 0 Å². The van der Waals surface area contributed by atoms with E-state index < -0.39 is 6.72 Å². The summed E-state index contributed by atoms with van der Waals surface area (Å²) in [4.78, 5) is 0. The molecule has 0 atom stereocenters. The lowest BCUT2D eigenvalue weighted by Gasteiger charge is -2.13. The summed E-state index contributed by atoms with van der Waals surface area (Å²) in [7, 11) is 0. The predicted molar refractivity (Wildman–Crippen MR) is 41.5 cm³/mol. The lowest BCUT2D eigenvalue weighted by Crippen LogP contribution is -2.47. The zero-order valence-electron chi connectivity index (χ0n) is 6.20. The first-order chi connectivity index (χ1) is 4.68. The third kappa shape index (κ3) is 3.61. The molecule has 0 bridgehead atoms. The van der Waals surface area contributed by atoms with Gasteiger partial charge in [0.1, 0.15) is 0 Å². The Morgan fingerprint density at radius 3 is 1.90 bits per heavy atom. The molecule has 10 heavy (non-hydrogen) atoms. The molecule has 0 aromatic carbocycles. The van der Waals surface area contributed by atoms with E-state index in [1.165, 1.54) is 0 Å². The van der Waals surface area contributed by atoms with Crippen molar-refractivity contribution in [3.63, 3.8) is 0 Å². The van der Waals surface area contributed by atoms with Crippen molar-refractivity contribution in [2.45, 2.75) is 13.8 Å². The van der Waals surface area contributed by atoms with E-state index in [4.69, 9.17) is 20.9 Å². The molecule has 0 amide bonds. The number of quaternary nitrogens is 1. The van der Waals surface area contributed by atoms with Gasteiger partial charge in [-0.1, -0.05) is 0 Å². The minimum Gasteiger partial charge on any atom is -0.306 e. The summed E-state index contributed by atoms with van der Waals surface area (Å²) in [6, 6.07) is 0. The van der Waals surface area contributed by atoms with Gasteiger partial charge >= 0.3 is 6.72 Å². The van der Waals surface area contributed by atoms with Gasteiger partial charge in [0.2, 0.25) is 0 Å². The van der Waals surface area contributed by atoms with E-state index in [1.807, 2.05) is 13.8 Å². The monoisotopic (exact) mass is 186 g/mol. The first kappa shape index (κ1) is 10.5. The molecule has 0 unspecified atom stereocenters. The molecule has 0 aromatic heterocycles. The van der Waals surface area contributed by atoms with Crippen LogP contribution in [0.4, 0.5) is 0 Å². The zero-order chi connectivity index (χ0) is 8.04. The zero-order valence-corrected chi connectivity index (χ0v) is 7.91. The standard InChI is InChI=1S/C4H13NO3PS/c1-3-6-9(10,8-5)7-4-2/h3-4H2,1-2,5H3/q+1. The average Bonchev–Trinajstić information content (AvgIpc) is 1.89. The van der Waals surface area contributed by atoms with Crippen molar-refractivity contribution in [3.8, 4) is 0 Å². The minimum absolute atomic E-state index is 0.493. The second-order valence-corrected chi connectivity index (χ2v) is 4.42. The summed E-state index contributed by atoms with van der Waals surface area (Å²) in [6.45, 7) is 2.17. The van der Waals surface area contributed by atoms with Crippen LogP contribution in [0.3, 0.4) is 0 Å². The molecular formula is C4H13NO3PS+. The predicted octanol–water partition coefficient (Wildman–Crippen LogP) is 0.457. The van der Waals surface area contributed by atoms with Gasteiger partial charge in [-0.3, -0.25) is 0 Å². The van der Waals surface area contributed by atoms with E-state index in [9.17, 15) is 0 Å². The molecule has 3 N–H and O–H groups in total. The van der Waals surface area contributed by atoms with Gasteiger partial charge in [-0.15, -0.1) is 4.62 Å². The summed E-state index contributed by atoms with van der Waals surface area (Å²) in [5, 5.41) is 0. The van der Waals surface area contributed by atoms with Gasteiger partial charge in [0.15, 0.2) is 0 Å². The third-order valence-electron chi connectivity index (χ3n) is 0.733. The average molecular weight is 186 g/mol. The highest BCUT2D eigenvalue weighted by Gasteiger charge is 2.19. The van der Waals surface area contributed by atoms with Crippen molar-refractivity contribution in [3.05, 3.63) is 0 Å². The van der Waals surface area contributed by atoms with E-state index in [-0.39, 0.29) is 0 Å². The van der Waals surface area contributed by atoms with Crippen LogP contribution in [0, 0.1) is 0 Å². The van der Waals surface area contributed by atoms with Gasteiger partial charge in [-0.2, -0.15) is 0 Å². The van der Waals surface area contributed by atoms with E-state index >= 15 is 0 Å². The summed E-state index contributed by atoms with van der Waals surface area (Å²) < 4.78 is 14.7. The van der Waals surface area contributed by atoms with Crippen LogP contribution in [0.2, 0.25) is 0 Å². The Kier molecular flexibility index (Phi) is 5.44. The normalized spacial score (nSPS) is 11.9. The van der Waals surface area contributed by atoms with Crippen LogP contribution < -0.4 is 5.90 Å². The molecule has 0 heterocycles. The summed E-state index contributed by atoms with van der Waals surface area (Å²) in [5.41, 5.74) is 0. The van der Waals surface area contributed by atoms with Gasteiger partial charge in [-0.05, 0) is 25.7 Å². The van der Waals surface area contributed by atoms with Gasteiger partial charge in [0.05, 0.1) is 13.2 Å². The van der Waals surface area contributed by atoms with E-state index in [1.54, 1.807) is 0 Å². The van der Waals surface area contributed by atoms with E-state index in [0.717, 1.165) is 0 Å². The Labute approximate surface area is 65.8 Å². The SMILES string of the molecule is CCOP(=S)(O[NH3+])OCC. The molecule has 0 spiro atoms. The molecule has 6 heteroatoms. The minimum atomic E-state index is -2.48. The number of hydrogen-bond acceptors (Lipinski definition) is 4. The number of hydrogen-bond donors (Lipinski definition) is 1. The lowest BCUT2D eigenvalue weighted by molar-refractivity contribution is -0.641. The largest absolute Gasteiger partial charge is 0.380 e. The molecule has 62 valence electrons. The van der Waals surface area contributed by atoms with E-state index in [2.05, 4.69) is 10.5 Å². The molecule has 0 fully saturated rings. The van der Waals surface area contributed by atoms with Crippen LogP contribution in [0.1, 0.15) is 13.8 Å². The molecular weight excluding hydrogens is 173 g/mol. The Morgan fingerprint density at radius 2 is 1.70 bits per heavy atom. The van der Waals surface area contributed by atoms with Crippen molar-refractivity contribution in [1.82, 2.24) is 0 Å². The van der Waals surface area contributed by atoms with Crippen LogP contribution >= 0.6 is 6.72 Å². The van der Waals surface area contributed by atoms with Crippen molar-refractivity contribution in [1.29, 1.82) is 0 Å². The Bertz CT molecular complexity index is 122. The maximum atomic E-state index is 5.04. The van der Waals surface area contributed by atoms with Crippen LogP contribution in [-0.2, 0) is 25.5 Å². The summed E-state index contributed by atoms with van der Waals surface area (Å²) in [5.74, 6) is 3.19. The highest BCUT2D eigenvalue weighted by molar-refractivity contribution is 8.07. The molecule has 0 rings (SSSR count). The van der Waals surface area contributed by atoms with E-state index in [0.29, 0.717) is 13.2 Å². The maximum Gasteiger partial charge on any atom is 0.380 e. The Balaban J connectivity index is 3.83. The summed E-state index contributed by atoms with van der Waals surface area (Å²) >= 11 is 4.88. The van der Waals surface area contributed by atoms with Crippen LogP contribution in [-0.4, -0.2) is 13.2 Å². The highest BCUT2D eigenvalue weighted by Crippen LogP contribution is 2.46. The van der Waals surface area contributed by atoms with Gasteiger partial charge < -0.3 is 9.05 Å². The van der Waals surface area contributed by atoms with Crippen LogP contribution in [0.5, 0.6) is 0 Å². The summed E-state index contributed by atoms with van der Waals surface area (Å²) in [6.07, 6.45) is 0. The second-order valence-electron chi connectivity index (χ2n) is 1.41. The molecule has 4 nitrogen and oxygen atoms in total. The van der Waals surface area contributed by atoms with Crippen molar-refractivity contribution >= 4 is 18.5 Å². The van der Waals surface area contributed by atoms with Gasteiger partial charge in [0, 0.05) is 0 Å². The fraction of sp³-hybridized carbons (Fsp3) is 1.00. The second kappa shape index (κ2) is 5.18. The maximum absolute atomic E-state index is 5.04. The molecule has 0 aliphatic rings. The lowest BCUT2D eigenvalue weighted by atomic mass is 10.9. The third-order valence-corrected chi connectivity index (χ3v) is 3.15. The smallest absolute Gasteiger partial charge is 0.306 e. The fourth-order valence-electron chi connectivity index (χ4n) is 0.428. The quantitative estimate of drug-likeness (QED) is 0.500. The topological polar surface area (TPSA) is 55.3 Å². The number of rotatable bonds is 5. The Morgan fingerprint density at radius 1 is 1.30 bits per heavy atom. The Hall–Kier alpha value is 0.490. The molecule has 0 saturated carbocycles. The first-order valence-electron chi connectivity index (χ1n) is 3.01.